The van der Waals surface area contributed by atoms with E-state index in [4.69, 9.17) is 5.73 Å². The molecule has 5 nitrogen and oxygen atoms in total. The van der Waals surface area contributed by atoms with E-state index in [1.54, 1.807) is 0 Å². The van der Waals surface area contributed by atoms with Crippen LogP contribution in [0.5, 0.6) is 0 Å². The maximum atomic E-state index is 12.7. The molecule has 6 heteroatoms. The molecule has 29 heavy (non-hydrogen) atoms. The van der Waals surface area contributed by atoms with Crippen LogP contribution in [0, 0.1) is 23.7 Å². The maximum Gasteiger partial charge on any atom is 0.253 e. The summed E-state index contributed by atoms with van der Waals surface area (Å²) in [5.41, 5.74) is 7.11. The summed E-state index contributed by atoms with van der Waals surface area (Å²) in [7, 11) is 0. The van der Waals surface area contributed by atoms with Gasteiger partial charge in [-0.2, -0.15) is 0 Å². The van der Waals surface area contributed by atoms with Gasteiger partial charge in [0.1, 0.15) is 0 Å². The summed E-state index contributed by atoms with van der Waals surface area (Å²) in [6.45, 7) is 2.29. The van der Waals surface area contributed by atoms with Gasteiger partial charge >= 0.3 is 0 Å². The van der Waals surface area contributed by atoms with Crippen LogP contribution in [0.4, 0.5) is 0 Å². The molecule has 2 amide bonds. The van der Waals surface area contributed by atoms with Crippen LogP contribution in [-0.4, -0.2) is 42.4 Å². The average Bonchev–Trinajstić information content (AvgIpc) is 2.72. The molecule has 0 radical (unpaired) electrons. The number of hydrogen-bond acceptors (Lipinski definition) is 3. The number of carbonyl (C=O) groups excluding carboxylic acids is 2. The van der Waals surface area contributed by atoms with Crippen molar-refractivity contribution >= 4 is 24.2 Å². The van der Waals surface area contributed by atoms with E-state index in [1.807, 2.05) is 35.2 Å². The van der Waals surface area contributed by atoms with Gasteiger partial charge in [-0.15, -0.1) is 12.4 Å². The zero-order valence-corrected chi connectivity index (χ0v) is 17.9. The van der Waals surface area contributed by atoms with Crippen molar-refractivity contribution in [2.75, 3.05) is 19.6 Å². The first-order chi connectivity index (χ1) is 13.6. The van der Waals surface area contributed by atoms with Crippen molar-refractivity contribution < 1.29 is 9.59 Å². The number of carbonyl (C=O) groups is 2. The van der Waals surface area contributed by atoms with E-state index in [-0.39, 0.29) is 30.1 Å². The lowest BCUT2D eigenvalue weighted by molar-refractivity contribution is -0.128. The summed E-state index contributed by atoms with van der Waals surface area (Å²) in [4.78, 5) is 27.2. The molecule has 3 aliphatic rings. The highest BCUT2D eigenvalue weighted by Crippen LogP contribution is 2.41. The van der Waals surface area contributed by atoms with Crippen LogP contribution in [-0.2, 0) is 4.79 Å². The molecule has 1 aromatic carbocycles. The number of piperidine rings is 1. The molecule has 2 atom stereocenters. The first-order valence-electron chi connectivity index (χ1n) is 11.0. The summed E-state index contributed by atoms with van der Waals surface area (Å²) < 4.78 is 0. The van der Waals surface area contributed by atoms with Crippen molar-refractivity contribution in [3.8, 4) is 0 Å². The number of halogens is 1. The van der Waals surface area contributed by atoms with Gasteiger partial charge in [0.05, 0.1) is 0 Å². The molecule has 2 unspecified atom stereocenters. The maximum absolute atomic E-state index is 12.7. The fourth-order valence-corrected chi connectivity index (χ4v) is 5.50. The molecule has 4 rings (SSSR count). The highest BCUT2D eigenvalue weighted by molar-refractivity contribution is 5.94. The van der Waals surface area contributed by atoms with Crippen molar-refractivity contribution in [2.45, 2.75) is 51.0 Å². The number of rotatable bonds is 4. The van der Waals surface area contributed by atoms with Crippen LogP contribution >= 0.6 is 12.4 Å². The van der Waals surface area contributed by atoms with Gasteiger partial charge in [-0.25, -0.2) is 0 Å². The number of nitrogens with zero attached hydrogens (tertiary/aromatic N) is 1. The molecule has 3 N–H and O–H groups in total. The van der Waals surface area contributed by atoms with Gasteiger partial charge in [0, 0.05) is 37.2 Å². The van der Waals surface area contributed by atoms with Gasteiger partial charge in [-0.1, -0.05) is 24.6 Å². The quantitative estimate of drug-likeness (QED) is 0.786. The van der Waals surface area contributed by atoms with Gasteiger partial charge < -0.3 is 16.0 Å². The number of fused-ring (bicyclic) bond motifs is 2. The minimum atomic E-state index is 0. The Bertz CT molecular complexity index is 677. The molecular formula is C23H34ClN3O2. The van der Waals surface area contributed by atoms with Crippen LogP contribution in [0.25, 0.3) is 0 Å². The van der Waals surface area contributed by atoms with E-state index in [9.17, 15) is 9.59 Å². The Morgan fingerprint density at radius 3 is 2.24 bits per heavy atom. The summed E-state index contributed by atoms with van der Waals surface area (Å²) >= 11 is 0. The zero-order valence-electron chi connectivity index (χ0n) is 17.1. The lowest BCUT2D eigenvalue weighted by atomic mass is 9.65. The summed E-state index contributed by atoms with van der Waals surface area (Å²) in [6.07, 6.45) is 7.50. The largest absolute Gasteiger partial charge is 0.356 e. The molecule has 0 aromatic heterocycles. The molecule has 0 spiro atoms. The SMILES string of the molecule is Cl.NC1C2CCCC1CC(C(=O)NCC1CCN(C(=O)c3ccccc3)CC1)C2. The monoisotopic (exact) mass is 419 g/mol. The predicted octanol–water partition coefficient (Wildman–Crippen LogP) is 3.23. The summed E-state index contributed by atoms with van der Waals surface area (Å²) in [5.74, 6) is 2.04. The molecule has 160 valence electrons. The third-order valence-corrected chi connectivity index (χ3v) is 7.27. The molecular weight excluding hydrogens is 386 g/mol. The van der Waals surface area contributed by atoms with Gasteiger partial charge in [0.2, 0.25) is 5.91 Å². The van der Waals surface area contributed by atoms with Crippen LogP contribution in [0.2, 0.25) is 0 Å². The van der Waals surface area contributed by atoms with Gasteiger partial charge in [-0.05, 0) is 68.4 Å². The molecule has 1 saturated heterocycles. The lowest BCUT2D eigenvalue weighted by Crippen LogP contribution is -2.49. The van der Waals surface area contributed by atoms with E-state index in [2.05, 4.69) is 5.32 Å². The Hall–Kier alpha value is -1.59. The van der Waals surface area contributed by atoms with Crippen LogP contribution in [0.1, 0.15) is 55.3 Å². The number of hydrogen-bond donors (Lipinski definition) is 2. The second-order valence-corrected chi connectivity index (χ2v) is 9.04. The van der Waals surface area contributed by atoms with E-state index in [0.29, 0.717) is 23.8 Å². The fraction of sp³-hybridized carbons (Fsp3) is 0.652. The van der Waals surface area contributed by atoms with Crippen LogP contribution in [0.15, 0.2) is 30.3 Å². The number of nitrogens with one attached hydrogen (secondary N) is 1. The minimum absolute atomic E-state index is 0. The van der Waals surface area contributed by atoms with E-state index in [1.165, 1.54) is 19.3 Å². The van der Waals surface area contributed by atoms with Gasteiger partial charge in [-0.3, -0.25) is 9.59 Å². The number of nitrogens with two attached hydrogens (primary N) is 1. The Balaban J connectivity index is 0.00000240. The topological polar surface area (TPSA) is 75.4 Å². The second kappa shape index (κ2) is 9.94. The molecule has 2 bridgehead atoms. The summed E-state index contributed by atoms with van der Waals surface area (Å²) in [5, 5.41) is 3.22. The lowest BCUT2D eigenvalue weighted by Gasteiger charge is -2.43. The summed E-state index contributed by atoms with van der Waals surface area (Å²) in [6, 6.07) is 9.80. The second-order valence-electron chi connectivity index (χ2n) is 9.04. The standard InChI is InChI=1S/C23H33N3O2.ClH/c24-21-18-7-4-8-19(21)14-20(13-18)22(27)25-15-16-9-11-26(12-10-16)23(28)17-5-2-1-3-6-17;/h1-3,5-6,16,18-21H,4,7-15,24H2,(H,25,27);1H. The van der Waals surface area contributed by atoms with Crippen molar-refractivity contribution in [3.63, 3.8) is 0 Å². The minimum Gasteiger partial charge on any atom is -0.356 e. The van der Waals surface area contributed by atoms with Gasteiger partial charge in [0.15, 0.2) is 0 Å². The van der Waals surface area contributed by atoms with E-state index in [0.717, 1.165) is 50.9 Å². The Kier molecular flexibility index (Phi) is 7.58. The third-order valence-electron chi connectivity index (χ3n) is 7.27. The first-order valence-corrected chi connectivity index (χ1v) is 11.0. The number of likely N-dealkylation sites (tertiary alicyclic amines) is 1. The molecule has 1 aromatic rings. The molecule has 3 fully saturated rings. The Morgan fingerprint density at radius 1 is 1.00 bits per heavy atom. The smallest absolute Gasteiger partial charge is 0.253 e. The Labute approximate surface area is 180 Å². The first kappa shape index (κ1) is 22.1. The Morgan fingerprint density at radius 2 is 1.62 bits per heavy atom. The number of benzene rings is 1. The molecule has 2 saturated carbocycles. The van der Waals surface area contributed by atoms with Crippen LogP contribution < -0.4 is 11.1 Å². The highest BCUT2D eigenvalue weighted by Gasteiger charge is 2.40. The number of amides is 2. The fourth-order valence-electron chi connectivity index (χ4n) is 5.50. The molecule has 1 aliphatic heterocycles. The molecule has 2 aliphatic carbocycles. The van der Waals surface area contributed by atoms with Crippen molar-refractivity contribution in [3.05, 3.63) is 35.9 Å². The highest BCUT2D eigenvalue weighted by atomic mass is 35.5. The van der Waals surface area contributed by atoms with Crippen molar-refractivity contribution in [1.82, 2.24) is 10.2 Å². The zero-order chi connectivity index (χ0) is 19.5. The van der Waals surface area contributed by atoms with Crippen LogP contribution in [0.3, 0.4) is 0 Å². The molecule has 1 heterocycles. The van der Waals surface area contributed by atoms with Gasteiger partial charge in [0.25, 0.3) is 5.91 Å². The normalized spacial score (nSPS) is 29.6. The van der Waals surface area contributed by atoms with Crippen molar-refractivity contribution in [1.29, 1.82) is 0 Å². The third kappa shape index (κ3) is 5.13. The average molecular weight is 420 g/mol. The van der Waals surface area contributed by atoms with Crippen molar-refractivity contribution in [2.24, 2.45) is 29.4 Å². The predicted molar refractivity (Wildman–Crippen MR) is 117 cm³/mol. The van der Waals surface area contributed by atoms with E-state index < -0.39 is 0 Å². The van der Waals surface area contributed by atoms with E-state index >= 15 is 0 Å².